The van der Waals surface area contributed by atoms with E-state index in [-0.39, 0.29) is 23.4 Å². The molecule has 3 nitrogen and oxygen atoms in total. The molecule has 0 radical (unpaired) electrons. The number of nitrogens with zero attached hydrogens (tertiary/aromatic N) is 1. The molecular formula is C22H35ClF3N3. The Balaban J connectivity index is 0.00000300. The van der Waals surface area contributed by atoms with Crippen molar-refractivity contribution in [2.75, 3.05) is 31.5 Å². The largest absolute Gasteiger partial charge is 0.416 e. The van der Waals surface area contributed by atoms with Crippen LogP contribution in [0.25, 0.3) is 0 Å². The predicted octanol–water partition coefficient (Wildman–Crippen LogP) is 5.69. The summed E-state index contributed by atoms with van der Waals surface area (Å²) >= 11 is 0. The Morgan fingerprint density at radius 2 is 1.79 bits per heavy atom. The van der Waals surface area contributed by atoms with Crippen molar-refractivity contribution in [3.8, 4) is 0 Å². The molecule has 0 saturated carbocycles. The van der Waals surface area contributed by atoms with Crippen LogP contribution < -0.4 is 10.6 Å². The summed E-state index contributed by atoms with van der Waals surface area (Å²) in [5, 5.41) is 6.74. The van der Waals surface area contributed by atoms with Crippen LogP contribution in [0.2, 0.25) is 0 Å². The second kappa shape index (κ2) is 9.44. The van der Waals surface area contributed by atoms with Crippen molar-refractivity contribution in [1.82, 2.24) is 10.2 Å². The Bertz CT molecular complexity index is 664. The van der Waals surface area contributed by atoms with E-state index in [0.29, 0.717) is 12.2 Å². The summed E-state index contributed by atoms with van der Waals surface area (Å²) in [4.78, 5) is 2.52. The maximum atomic E-state index is 13.3. The number of rotatable bonds is 5. The van der Waals surface area contributed by atoms with E-state index in [1.165, 1.54) is 25.0 Å². The third kappa shape index (κ3) is 6.25. The van der Waals surface area contributed by atoms with Gasteiger partial charge in [0.15, 0.2) is 0 Å². The van der Waals surface area contributed by atoms with E-state index in [1.807, 2.05) is 0 Å². The van der Waals surface area contributed by atoms with Gasteiger partial charge in [0, 0.05) is 24.3 Å². The van der Waals surface area contributed by atoms with Crippen LogP contribution in [-0.4, -0.2) is 36.6 Å². The second-order valence-electron chi connectivity index (χ2n) is 9.61. The minimum absolute atomic E-state index is 0. The van der Waals surface area contributed by atoms with Crippen LogP contribution in [0.4, 0.5) is 18.9 Å². The second-order valence-corrected chi connectivity index (χ2v) is 9.61. The summed E-state index contributed by atoms with van der Waals surface area (Å²) in [6, 6.07) is 4.20. The molecule has 0 atom stereocenters. The summed E-state index contributed by atoms with van der Waals surface area (Å²) in [7, 11) is 0. The fraction of sp³-hybridized carbons (Fsp3) is 0.727. The lowest BCUT2D eigenvalue weighted by Gasteiger charge is -2.42. The molecule has 0 aliphatic carbocycles. The van der Waals surface area contributed by atoms with Crippen LogP contribution in [0, 0.1) is 5.41 Å². The van der Waals surface area contributed by atoms with Crippen molar-refractivity contribution >= 4 is 18.1 Å². The normalized spacial score (nSPS) is 19.9. The first-order valence-corrected chi connectivity index (χ1v) is 10.5. The van der Waals surface area contributed by atoms with Crippen molar-refractivity contribution in [1.29, 1.82) is 0 Å². The third-order valence-electron chi connectivity index (χ3n) is 6.26. The molecule has 0 unspecified atom stereocenters. The Labute approximate surface area is 179 Å². The van der Waals surface area contributed by atoms with Gasteiger partial charge >= 0.3 is 6.18 Å². The summed E-state index contributed by atoms with van der Waals surface area (Å²) in [6.45, 7) is 10.9. The molecule has 1 aromatic carbocycles. The van der Waals surface area contributed by atoms with E-state index in [4.69, 9.17) is 0 Å². The molecule has 2 aliphatic heterocycles. The molecule has 0 amide bonds. The Hall–Kier alpha value is -0.980. The van der Waals surface area contributed by atoms with Gasteiger partial charge in [-0.1, -0.05) is 26.8 Å². The molecule has 1 spiro atoms. The van der Waals surface area contributed by atoms with Gasteiger partial charge in [0.25, 0.3) is 0 Å². The predicted molar refractivity (Wildman–Crippen MR) is 116 cm³/mol. The van der Waals surface area contributed by atoms with Gasteiger partial charge in [0.2, 0.25) is 0 Å². The highest BCUT2D eigenvalue weighted by Gasteiger charge is 2.41. The number of piperidine rings is 1. The SMILES string of the molecule is CC(C)(C)CCNc1cc(C(F)(F)F)ccc1CN1CCCC12CCNCC2.Cl. The first-order chi connectivity index (χ1) is 13.1. The Morgan fingerprint density at radius 1 is 1.10 bits per heavy atom. The van der Waals surface area contributed by atoms with E-state index in [2.05, 4.69) is 36.3 Å². The zero-order valence-corrected chi connectivity index (χ0v) is 18.6. The maximum Gasteiger partial charge on any atom is 0.416 e. The highest BCUT2D eigenvalue weighted by atomic mass is 35.5. The molecule has 29 heavy (non-hydrogen) atoms. The first kappa shape index (κ1) is 24.3. The number of nitrogens with one attached hydrogen (secondary N) is 2. The summed E-state index contributed by atoms with van der Waals surface area (Å²) < 4.78 is 39.8. The van der Waals surface area contributed by atoms with Crippen LogP contribution in [0.3, 0.4) is 0 Å². The monoisotopic (exact) mass is 433 g/mol. The molecule has 0 bridgehead atoms. The smallest absolute Gasteiger partial charge is 0.385 e. The molecule has 2 saturated heterocycles. The van der Waals surface area contributed by atoms with Gasteiger partial charge in [0.05, 0.1) is 5.56 Å². The number of alkyl halides is 3. The Morgan fingerprint density at radius 3 is 2.41 bits per heavy atom. The number of anilines is 1. The van der Waals surface area contributed by atoms with Crippen molar-refractivity contribution < 1.29 is 13.2 Å². The van der Waals surface area contributed by atoms with Crippen molar-refractivity contribution in [2.45, 2.75) is 71.1 Å². The minimum atomic E-state index is -4.32. The fourth-order valence-electron chi connectivity index (χ4n) is 4.53. The topological polar surface area (TPSA) is 27.3 Å². The highest BCUT2D eigenvalue weighted by Crippen LogP contribution is 2.39. The average Bonchev–Trinajstić information content (AvgIpc) is 2.96. The number of hydrogen-bond donors (Lipinski definition) is 2. The van der Waals surface area contributed by atoms with E-state index >= 15 is 0 Å². The summed E-state index contributed by atoms with van der Waals surface area (Å²) in [5.41, 5.74) is 1.39. The average molecular weight is 434 g/mol. The fourth-order valence-corrected chi connectivity index (χ4v) is 4.53. The number of likely N-dealkylation sites (tertiary alicyclic amines) is 1. The quantitative estimate of drug-likeness (QED) is 0.624. The number of benzene rings is 1. The molecule has 3 rings (SSSR count). The minimum Gasteiger partial charge on any atom is -0.385 e. The van der Waals surface area contributed by atoms with Crippen molar-refractivity contribution in [3.63, 3.8) is 0 Å². The van der Waals surface area contributed by atoms with Gasteiger partial charge < -0.3 is 10.6 Å². The molecule has 2 fully saturated rings. The lowest BCUT2D eigenvalue weighted by Crippen LogP contribution is -2.50. The van der Waals surface area contributed by atoms with Crippen LogP contribution >= 0.6 is 12.4 Å². The van der Waals surface area contributed by atoms with Crippen molar-refractivity contribution in [3.05, 3.63) is 29.3 Å². The van der Waals surface area contributed by atoms with Gasteiger partial charge in [-0.3, -0.25) is 4.90 Å². The van der Waals surface area contributed by atoms with Crippen molar-refractivity contribution in [2.24, 2.45) is 5.41 Å². The van der Waals surface area contributed by atoms with Gasteiger partial charge in [-0.2, -0.15) is 13.2 Å². The van der Waals surface area contributed by atoms with Gasteiger partial charge in [-0.05, 0) is 74.8 Å². The molecular weight excluding hydrogens is 399 g/mol. The molecule has 1 aromatic rings. The van der Waals surface area contributed by atoms with Gasteiger partial charge in [-0.15, -0.1) is 12.4 Å². The van der Waals surface area contributed by atoms with Gasteiger partial charge in [-0.25, -0.2) is 0 Å². The molecule has 7 heteroatoms. The zero-order valence-electron chi connectivity index (χ0n) is 17.8. The van der Waals surface area contributed by atoms with E-state index in [1.54, 1.807) is 6.07 Å². The molecule has 2 aliphatic rings. The molecule has 0 aromatic heterocycles. The van der Waals surface area contributed by atoms with Crippen LogP contribution in [0.15, 0.2) is 18.2 Å². The highest BCUT2D eigenvalue weighted by molar-refractivity contribution is 5.85. The molecule has 166 valence electrons. The first-order valence-electron chi connectivity index (χ1n) is 10.5. The van der Waals surface area contributed by atoms with Crippen LogP contribution in [0.5, 0.6) is 0 Å². The van der Waals surface area contributed by atoms with E-state index < -0.39 is 11.7 Å². The molecule has 2 N–H and O–H groups in total. The third-order valence-corrected chi connectivity index (χ3v) is 6.26. The number of hydrogen-bond acceptors (Lipinski definition) is 3. The standard InChI is InChI=1S/C22H34F3N3.ClH/c1-20(2,3)8-13-27-19-15-18(22(23,24)25)6-5-17(19)16-28-14-4-7-21(28)9-11-26-12-10-21;/h5-6,15,26-27H,4,7-14,16H2,1-3H3;1H. The van der Waals surface area contributed by atoms with E-state index in [9.17, 15) is 13.2 Å². The lowest BCUT2D eigenvalue weighted by atomic mass is 9.85. The Kier molecular flexibility index (Phi) is 7.91. The molecule has 2 heterocycles. The van der Waals surface area contributed by atoms with Crippen LogP contribution in [-0.2, 0) is 12.7 Å². The lowest BCUT2D eigenvalue weighted by molar-refractivity contribution is -0.137. The number of halogens is 4. The van der Waals surface area contributed by atoms with E-state index in [0.717, 1.165) is 51.0 Å². The van der Waals surface area contributed by atoms with Crippen LogP contribution in [0.1, 0.15) is 64.0 Å². The van der Waals surface area contributed by atoms with Gasteiger partial charge in [0.1, 0.15) is 0 Å². The summed E-state index contributed by atoms with van der Waals surface area (Å²) in [5.74, 6) is 0. The maximum absolute atomic E-state index is 13.3. The summed E-state index contributed by atoms with van der Waals surface area (Å²) in [6.07, 6.45) is 1.21. The zero-order chi connectivity index (χ0) is 20.4.